The minimum absolute atomic E-state index is 0.0282. The molecule has 2 aromatic rings. The zero-order valence-corrected chi connectivity index (χ0v) is 26.0. The zero-order valence-electron chi connectivity index (χ0n) is 26.0. The Morgan fingerprint density at radius 3 is 2.13 bits per heavy atom. The van der Waals surface area contributed by atoms with Crippen LogP contribution in [0.2, 0.25) is 0 Å². The number of hydrogen-bond acceptors (Lipinski definition) is 11. The minimum atomic E-state index is -1.95. The molecule has 1 saturated carbocycles. The van der Waals surface area contributed by atoms with E-state index in [1.165, 1.54) is 50.8 Å². The zero-order chi connectivity index (χ0) is 32.6. The van der Waals surface area contributed by atoms with Gasteiger partial charge in [0.1, 0.15) is 18.3 Å². The smallest absolute Gasteiger partial charge is 0.340 e. The van der Waals surface area contributed by atoms with Crippen molar-refractivity contribution in [1.29, 1.82) is 0 Å². The molecule has 7 atom stereocenters. The quantitative estimate of drug-likeness (QED) is 0.258. The predicted octanol–water partition coefficient (Wildman–Crippen LogP) is 4.17. The largest absolute Gasteiger partial charge is 0.462 e. The number of rotatable bonds is 8. The Hall–Kier alpha value is -4.38. The van der Waals surface area contributed by atoms with E-state index in [0.717, 1.165) is 5.57 Å². The second kappa shape index (κ2) is 12.2. The van der Waals surface area contributed by atoms with E-state index in [-0.39, 0.29) is 24.2 Å². The van der Waals surface area contributed by atoms with Crippen LogP contribution in [-0.4, -0.2) is 69.5 Å². The van der Waals surface area contributed by atoms with E-state index in [2.05, 4.69) is 16.0 Å². The number of cyclic esters (lactones) is 1. The van der Waals surface area contributed by atoms with Gasteiger partial charge in [-0.25, -0.2) is 14.4 Å². The summed E-state index contributed by atoms with van der Waals surface area (Å²) in [6, 6.07) is 6.29. The third-order valence-corrected chi connectivity index (χ3v) is 10.1. The Labute approximate surface area is 261 Å². The number of esters is 4. The molecule has 1 N–H and O–H groups in total. The highest BCUT2D eigenvalue weighted by Crippen LogP contribution is 2.65. The van der Waals surface area contributed by atoms with Gasteiger partial charge in [0.2, 0.25) is 0 Å². The average molecular weight is 619 g/mol. The molecule has 0 spiro atoms. The minimum Gasteiger partial charge on any atom is -0.462 e. The van der Waals surface area contributed by atoms with Crippen LogP contribution in [0, 0.1) is 16.7 Å². The van der Waals surface area contributed by atoms with E-state index < -0.39 is 64.5 Å². The van der Waals surface area contributed by atoms with E-state index in [9.17, 15) is 24.3 Å². The summed E-state index contributed by atoms with van der Waals surface area (Å²) in [5.74, 6) is -3.01. The summed E-state index contributed by atoms with van der Waals surface area (Å²) in [6.07, 6.45) is 6.89. The van der Waals surface area contributed by atoms with Gasteiger partial charge in [-0.05, 0) is 62.4 Å². The molecule has 0 radical (unpaired) electrons. The number of aromatic nitrogens is 2. The fourth-order valence-electron chi connectivity index (χ4n) is 7.47. The van der Waals surface area contributed by atoms with Crippen molar-refractivity contribution in [2.45, 2.75) is 77.8 Å². The highest BCUT2D eigenvalue weighted by Gasteiger charge is 2.73. The Bertz CT molecular complexity index is 1540. The molecule has 238 valence electrons. The van der Waals surface area contributed by atoms with E-state index in [1.54, 1.807) is 18.2 Å². The van der Waals surface area contributed by atoms with Crippen LogP contribution in [-0.2, 0) is 28.5 Å². The third-order valence-electron chi connectivity index (χ3n) is 10.1. The second-order valence-electron chi connectivity index (χ2n) is 12.6. The molecule has 0 saturated heterocycles. The number of pyridine rings is 2. The molecule has 0 aromatic carbocycles. The summed E-state index contributed by atoms with van der Waals surface area (Å²) in [5.41, 5.74) is -2.45. The first-order chi connectivity index (χ1) is 21.3. The molecular weight excluding hydrogens is 580 g/mol. The Kier molecular flexibility index (Phi) is 8.68. The summed E-state index contributed by atoms with van der Waals surface area (Å²) < 4.78 is 23.5. The molecule has 0 amide bonds. The number of hydrogen-bond donors (Lipinski definition) is 1. The third kappa shape index (κ3) is 5.65. The number of allylic oxidation sites excluding steroid dienone is 1. The summed E-state index contributed by atoms with van der Waals surface area (Å²) in [6.45, 7) is 8.49. The lowest BCUT2D eigenvalue weighted by atomic mass is 9.42. The normalized spacial score (nSPS) is 31.4. The van der Waals surface area contributed by atoms with Crippen molar-refractivity contribution < 1.29 is 43.2 Å². The number of fused-ring (bicyclic) bond motifs is 1. The lowest BCUT2D eigenvalue weighted by Crippen LogP contribution is -2.75. The fraction of sp³-hybridized carbons (Fsp3) is 0.471. The highest BCUT2D eigenvalue weighted by atomic mass is 16.6. The summed E-state index contributed by atoms with van der Waals surface area (Å²) in [7, 11) is 0. The van der Waals surface area contributed by atoms with Crippen LogP contribution in [0.25, 0.3) is 0 Å². The van der Waals surface area contributed by atoms with Crippen molar-refractivity contribution >= 4 is 23.9 Å². The van der Waals surface area contributed by atoms with Crippen molar-refractivity contribution in [3.63, 3.8) is 0 Å². The number of carbonyl (C=O) groups is 4. The predicted molar refractivity (Wildman–Crippen MR) is 159 cm³/mol. The van der Waals surface area contributed by atoms with Crippen molar-refractivity contribution in [3.8, 4) is 0 Å². The number of nitrogens with zero attached hydrogens (tertiary/aromatic N) is 2. The van der Waals surface area contributed by atoms with Crippen LogP contribution < -0.4 is 0 Å². The van der Waals surface area contributed by atoms with E-state index in [1.807, 2.05) is 20.8 Å². The Morgan fingerprint density at radius 2 is 1.62 bits per heavy atom. The molecule has 11 nitrogen and oxygen atoms in total. The lowest BCUT2D eigenvalue weighted by Gasteiger charge is -2.66. The lowest BCUT2D eigenvalue weighted by molar-refractivity contribution is -0.290. The maximum Gasteiger partial charge on any atom is 0.340 e. The van der Waals surface area contributed by atoms with Crippen LogP contribution in [0.1, 0.15) is 74.6 Å². The molecule has 45 heavy (non-hydrogen) atoms. The molecular formula is C34H38N2O9. The van der Waals surface area contributed by atoms with Crippen molar-refractivity contribution in [1.82, 2.24) is 9.97 Å². The molecule has 1 aliphatic heterocycles. The molecule has 0 unspecified atom stereocenters. The topological polar surface area (TPSA) is 151 Å². The summed E-state index contributed by atoms with van der Waals surface area (Å²) in [4.78, 5) is 59.9. The van der Waals surface area contributed by atoms with Crippen LogP contribution in [0.3, 0.4) is 0 Å². The average Bonchev–Trinajstić information content (AvgIpc) is 3.43. The van der Waals surface area contributed by atoms with E-state index in [0.29, 0.717) is 18.4 Å². The monoisotopic (exact) mass is 618 g/mol. The van der Waals surface area contributed by atoms with Crippen LogP contribution in [0.5, 0.6) is 0 Å². The molecule has 3 aliphatic rings. The van der Waals surface area contributed by atoms with Gasteiger partial charge in [-0.2, -0.15) is 0 Å². The first-order valence-corrected chi connectivity index (χ1v) is 14.9. The van der Waals surface area contributed by atoms with Gasteiger partial charge in [-0.15, -0.1) is 0 Å². The van der Waals surface area contributed by atoms with E-state index in [4.69, 9.17) is 18.9 Å². The summed E-state index contributed by atoms with van der Waals surface area (Å²) in [5, 5.41) is 12.8. The number of ether oxygens (including phenoxy) is 4. The van der Waals surface area contributed by atoms with Crippen molar-refractivity contribution in [2.75, 3.05) is 6.61 Å². The van der Waals surface area contributed by atoms with Gasteiger partial charge >= 0.3 is 23.9 Å². The van der Waals surface area contributed by atoms with Gasteiger partial charge in [0.25, 0.3) is 0 Å². The molecule has 0 bridgehead atoms. The Balaban J connectivity index is 1.68. The van der Waals surface area contributed by atoms with Gasteiger partial charge in [-0.3, -0.25) is 14.8 Å². The first-order valence-electron chi connectivity index (χ1n) is 14.9. The van der Waals surface area contributed by atoms with Gasteiger partial charge in [0.05, 0.1) is 11.1 Å². The fourth-order valence-corrected chi connectivity index (χ4v) is 7.47. The van der Waals surface area contributed by atoms with Crippen LogP contribution in [0.4, 0.5) is 0 Å². The first kappa shape index (κ1) is 32.0. The Morgan fingerprint density at radius 1 is 1.02 bits per heavy atom. The van der Waals surface area contributed by atoms with Gasteiger partial charge in [0, 0.05) is 55.0 Å². The van der Waals surface area contributed by atoms with Gasteiger partial charge in [-0.1, -0.05) is 25.5 Å². The number of aliphatic hydroxyl groups is 1. The summed E-state index contributed by atoms with van der Waals surface area (Å²) >= 11 is 0. The van der Waals surface area contributed by atoms with Gasteiger partial charge < -0.3 is 24.1 Å². The van der Waals surface area contributed by atoms with Crippen molar-refractivity contribution in [3.05, 3.63) is 83.5 Å². The molecule has 2 aliphatic carbocycles. The SMILES string of the molecule is CC(=O)O[C@@H](CC1=CC(=O)OC1)[C@]1(C)[C@H]2CCC=C(C)[C@]2(C)[C@@H](OC(=O)c2cccnc2)[C@H](OC(=O)c2cccnc2)[C@]1(C)O. The molecule has 5 rings (SSSR count). The van der Waals surface area contributed by atoms with Gasteiger partial charge in [0.15, 0.2) is 12.2 Å². The standard InChI is InChI=1S/C34H38N2O9/c1-20-9-6-12-25-32(20,3)28(44-30(39)23-10-7-13-35-17-23)29(45-31(40)24-11-8-14-36-18-24)34(5,41)33(25,4)26(43-21(2)37)15-22-16-27(38)42-19-22/h7-11,13-14,16-18,25-26,28-29,41H,6,12,15,19H2,1-5H3/t25-,26-,28-,29-,32-,33-,34-/m0/s1. The van der Waals surface area contributed by atoms with Crippen LogP contribution in [0.15, 0.2) is 72.4 Å². The van der Waals surface area contributed by atoms with E-state index >= 15 is 0 Å². The molecule has 3 heterocycles. The van der Waals surface area contributed by atoms with Crippen molar-refractivity contribution in [2.24, 2.45) is 16.7 Å². The maximum absolute atomic E-state index is 13.6. The number of carbonyl (C=O) groups excluding carboxylic acids is 4. The molecule has 2 aromatic heterocycles. The highest BCUT2D eigenvalue weighted by molar-refractivity contribution is 5.90. The second-order valence-corrected chi connectivity index (χ2v) is 12.6. The maximum atomic E-state index is 13.6. The van der Waals surface area contributed by atoms with Crippen LogP contribution >= 0.6 is 0 Å². The molecule has 11 heteroatoms. The molecule has 1 fully saturated rings.